The van der Waals surface area contributed by atoms with Gasteiger partial charge >= 0.3 is 5.00 Å². The van der Waals surface area contributed by atoms with E-state index in [0.29, 0.717) is 23.5 Å². The van der Waals surface area contributed by atoms with Crippen molar-refractivity contribution in [2.75, 3.05) is 19.0 Å². The zero-order chi connectivity index (χ0) is 24.2. The van der Waals surface area contributed by atoms with E-state index in [1.165, 1.54) is 6.08 Å². The number of rotatable bonds is 8. The Morgan fingerprint density at radius 1 is 1.32 bits per heavy atom. The first-order valence-electron chi connectivity index (χ1n) is 10.3. The molecule has 0 saturated heterocycles. The van der Waals surface area contributed by atoms with Gasteiger partial charge in [0.15, 0.2) is 5.13 Å². The monoisotopic (exact) mass is 479 g/mol. The first kappa shape index (κ1) is 23.0. The number of ether oxygens (including phenoxy) is 2. The van der Waals surface area contributed by atoms with Crippen molar-refractivity contribution in [3.05, 3.63) is 70.6 Å². The van der Waals surface area contributed by atoms with Gasteiger partial charge in [0.2, 0.25) is 5.91 Å². The van der Waals surface area contributed by atoms with Crippen LogP contribution in [0.5, 0.6) is 11.5 Å². The van der Waals surface area contributed by atoms with E-state index in [9.17, 15) is 14.9 Å². The molecule has 9 nitrogen and oxygen atoms in total. The molecule has 0 spiro atoms. The average molecular weight is 480 g/mol. The lowest BCUT2D eigenvalue weighted by Gasteiger charge is -2.12. The second-order valence-corrected chi connectivity index (χ2v) is 8.25. The summed E-state index contributed by atoms with van der Waals surface area (Å²) < 4.78 is 16.9. The molecule has 0 aliphatic carbocycles. The zero-order valence-electron chi connectivity index (χ0n) is 18.7. The Morgan fingerprint density at radius 2 is 2.15 bits per heavy atom. The highest BCUT2D eigenvalue weighted by atomic mass is 32.1. The molecular formula is C24H21N3O6S. The van der Waals surface area contributed by atoms with Crippen molar-refractivity contribution in [2.24, 2.45) is 0 Å². The van der Waals surface area contributed by atoms with Crippen LogP contribution < -0.4 is 14.8 Å². The van der Waals surface area contributed by atoms with Crippen LogP contribution in [0, 0.1) is 10.1 Å². The highest BCUT2D eigenvalue weighted by molar-refractivity contribution is 7.18. The number of allylic oxidation sites excluding steroid dienone is 1. The molecule has 34 heavy (non-hydrogen) atoms. The number of thiazole rings is 1. The van der Waals surface area contributed by atoms with Gasteiger partial charge in [-0.25, -0.2) is 4.98 Å². The van der Waals surface area contributed by atoms with Gasteiger partial charge in [-0.2, -0.15) is 0 Å². The van der Waals surface area contributed by atoms with E-state index in [1.54, 1.807) is 26.4 Å². The van der Waals surface area contributed by atoms with E-state index >= 15 is 0 Å². The van der Waals surface area contributed by atoms with E-state index in [4.69, 9.17) is 13.9 Å². The van der Waals surface area contributed by atoms with Crippen LogP contribution >= 0.6 is 11.3 Å². The number of anilines is 1. The van der Waals surface area contributed by atoms with Crippen LogP contribution in [0.15, 0.2) is 59.4 Å². The molecule has 0 aliphatic heterocycles. The van der Waals surface area contributed by atoms with Crippen molar-refractivity contribution in [3.63, 3.8) is 0 Å². The Balaban J connectivity index is 1.70. The summed E-state index contributed by atoms with van der Waals surface area (Å²) in [6.07, 6.45) is 4.19. The summed E-state index contributed by atoms with van der Waals surface area (Å²) in [5.74, 6) is 0.852. The van der Waals surface area contributed by atoms with Gasteiger partial charge in [0.05, 0.1) is 24.9 Å². The number of hydrogen-bond acceptors (Lipinski definition) is 8. The number of carbonyl (C=O) groups is 1. The largest absolute Gasteiger partial charge is 0.497 e. The lowest BCUT2D eigenvalue weighted by Crippen LogP contribution is -2.08. The van der Waals surface area contributed by atoms with Crippen LogP contribution in [-0.2, 0) is 4.79 Å². The highest BCUT2D eigenvalue weighted by Crippen LogP contribution is 2.38. The highest BCUT2D eigenvalue weighted by Gasteiger charge is 2.17. The van der Waals surface area contributed by atoms with Crippen molar-refractivity contribution in [1.29, 1.82) is 0 Å². The van der Waals surface area contributed by atoms with Crippen molar-refractivity contribution < 1.29 is 23.6 Å². The summed E-state index contributed by atoms with van der Waals surface area (Å²) in [5.41, 5.74) is 3.83. The molecule has 0 aliphatic rings. The number of benzene rings is 2. The molecule has 4 rings (SSSR count). The number of carbonyl (C=O) groups excluding carboxylic acids is 1. The van der Waals surface area contributed by atoms with E-state index in [1.807, 2.05) is 37.3 Å². The first-order valence-corrected chi connectivity index (χ1v) is 11.1. The van der Waals surface area contributed by atoms with Crippen LogP contribution in [0.4, 0.5) is 10.1 Å². The molecule has 2 aromatic heterocycles. The SMILES string of the molecule is CCOc1cc2occ(-c3cccc(OC)c3)c2cc1/C(C)=C/C(=O)Nc1ncc([N+](=O)[O-])s1. The molecule has 0 unspecified atom stereocenters. The summed E-state index contributed by atoms with van der Waals surface area (Å²) in [5, 5.41) is 14.3. The third-order valence-corrected chi connectivity index (χ3v) is 5.90. The number of nitro groups is 1. The molecule has 2 aromatic carbocycles. The number of nitrogens with zero attached hydrogens (tertiary/aromatic N) is 2. The molecule has 0 atom stereocenters. The normalized spacial score (nSPS) is 11.4. The molecule has 2 heterocycles. The summed E-state index contributed by atoms with van der Waals surface area (Å²) in [6.45, 7) is 4.10. The number of fused-ring (bicyclic) bond motifs is 1. The minimum atomic E-state index is -0.553. The van der Waals surface area contributed by atoms with E-state index < -0.39 is 10.8 Å². The molecule has 0 saturated carbocycles. The zero-order valence-corrected chi connectivity index (χ0v) is 19.5. The standard InChI is InChI=1S/C24H21N3O6S/c1-4-32-20-11-21-18(19(13-33-21)15-6-5-7-16(9-15)31-3)10-17(20)14(2)8-22(28)26-24-25-12-23(34-24)27(29)30/h5-13H,4H2,1-3H3,(H,25,26,28)/b14-8+. The molecule has 1 amide bonds. The minimum absolute atomic E-state index is 0.148. The Morgan fingerprint density at radius 3 is 2.85 bits per heavy atom. The maximum atomic E-state index is 12.6. The second kappa shape index (κ2) is 9.75. The number of nitrogens with one attached hydrogen (secondary N) is 1. The molecule has 0 fully saturated rings. The Labute approximate surface area is 198 Å². The first-order chi connectivity index (χ1) is 16.4. The van der Waals surface area contributed by atoms with Crippen LogP contribution in [0.2, 0.25) is 0 Å². The van der Waals surface area contributed by atoms with E-state index in [2.05, 4.69) is 10.3 Å². The number of hydrogen-bond donors (Lipinski definition) is 1. The number of aromatic nitrogens is 1. The topological polar surface area (TPSA) is 117 Å². The molecular weight excluding hydrogens is 458 g/mol. The van der Waals surface area contributed by atoms with Gasteiger partial charge in [0, 0.05) is 28.7 Å². The van der Waals surface area contributed by atoms with Crippen LogP contribution in [0.3, 0.4) is 0 Å². The van der Waals surface area contributed by atoms with Gasteiger partial charge < -0.3 is 13.9 Å². The Hall–Kier alpha value is -4.18. The molecule has 0 bridgehead atoms. The van der Waals surface area contributed by atoms with Gasteiger partial charge in [-0.15, -0.1) is 0 Å². The molecule has 0 radical (unpaired) electrons. The van der Waals surface area contributed by atoms with E-state index in [-0.39, 0.29) is 10.1 Å². The molecule has 4 aromatic rings. The van der Waals surface area contributed by atoms with Crippen LogP contribution in [-0.4, -0.2) is 29.5 Å². The number of amides is 1. The number of furan rings is 1. The maximum absolute atomic E-state index is 12.6. The third-order valence-electron chi connectivity index (χ3n) is 5.03. The number of methoxy groups -OCH3 is 1. The quantitative estimate of drug-likeness (QED) is 0.189. The Bertz CT molecular complexity index is 1400. The molecule has 10 heteroatoms. The fourth-order valence-electron chi connectivity index (χ4n) is 3.48. The maximum Gasteiger partial charge on any atom is 0.345 e. The predicted octanol–water partition coefficient (Wildman–Crippen LogP) is 5.91. The van der Waals surface area contributed by atoms with Crippen molar-refractivity contribution in [1.82, 2.24) is 4.98 Å². The molecule has 174 valence electrons. The van der Waals surface area contributed by atoms with Gasteiger partial charge in [-0.3, -0.25) is 20.2 Å². The average Bonchev–Trinajstić information content (AvgIpc) is 3.45. The van der Waals surface area contributed by atoms with Crippen molar-refractivity contribution >= 4 is 43.9 Å². The van der Waals surface area contributed by atoms with E-state index in [0.717, 1.165) is 45.4 Å². The minimum Gasteiger partial charge on any atom is -0.497 e. The fraction of sp³-hybridized carbons (Fsp3) is 0.167. The summed E-state index contributed by atoms with van der Waals surface area (Å²) >= 11 is 0.790. The van der Waals surface area contributed by atoms with Crippen molar-refractivity contribution in [3.8, 4) is 22.6 Å². The predicted molar refractivity (Wildman–Crippen MR) is 130 cm³/mol. The Kier molecular flexibility index (Phi) is 6.60. The summed E-state index contributed by atoms with van der Waals surface area (Å²) in [6, 6.07) is 11.4. The van der Waals surface area contributed by atoms with Gasteiger partial charge in [-0.05, 0) is 54.5 Å². The third kappa shape index (κ3) is 4.76. The van der Waals surface area contributed by atoms with Crippen molar-refractivity contribution in [2.45, 2.75) is 13.8 Å². The van der Waals surface area contributed by atoms with Gasteiger partial charge in [0.25, 0.3) is 0 Å². The van der Waals surface area contributed by atoms with Gasteiger partial charge in [-0.1, -0.05) is 12.1 Å². The lowest BCUT2D eigenvalue weighted by molar-refractivity contribution is -0.380. The summed E-state index contributed by atoms with van der Waals surface area (Å²) in [7, 11) is 1.61. The fourth-order valence-corrected chi connectivity index (χ4v) is 4.11. The summed E-state index contributed by atoms with van der Waals surface area (Å²) in [4.78, 5) is 26.7. The van der Waals surface area contributed by atoms with Crippen LogP contribution in [0.25, 0.3) is 27.7 Å². The second-order valence-electron chi connectivity index (χ2n) is 7.24. The smallest absolute Gasteiger partial charge is 0.345 e. The van der Waals surface area contributed by atoms with Crippen LogP contribution in [0.1, 0.15) is 19.4 Å². The molecule has 1 N–H and O–H groups in total. The lowest BCUT2D eigenvalue weighted by atomic mass is 9.99. The van der Waals surface area contributed by atoms with Gasteiger partial charge in [0.1, 0.15) is 23.3 Å².